The molecule has 2 aliphatic heterocycles. The molecule has 2 fully saturated rings. The highest BCUT2D eigenvalue weighted by atomic mass is 19.1. The zero-order valence-electron chi connectivity index (χ0n) is 13.9. The van der Waals surface area contributed by atoms with Gasteiger partial charge in [-0.15, -0.1) is 0 Å². The van der Waals surface area contributed by atoms with Gasteiger partial charge in [0.1, 0.15) is 11.6 Å². The molecule has 0 spiro atoms. The van der Waals surface area contributed by atoms with Gasteiger partial charge in [0.05, 0.1) is 11.9 Å². The lowest BCUT2D eigenvalue weighted by Crippen LogP contribution is -2.63. The predicted octanol–water partition coefficient (Wildman–Crippen LogP) is 1.93. The lowest BCUT2D eigenvalue weighted by molar-refractivity contribution is 0.156. The first kappa shape index (κ1) is 15.3. The molecule has 0 bridgehead atoms. The first-order valence-corrected chi connectivity index (χ1v) is 8.47. The van der Waals surface area contributed by atoms with E-state index in [0.29, 0.717) is 6.04 Å². The zero-order valence-corrected chi connectivity index (χ0v) is 13.9. The van der Waals surface area contributed by atoms with Gasteiger partial charge in [-0.25, -0.2) is 9.37 Å². The molecule has 24 heavy (non-hydrogen) atoms. The highest BCUT2D eigenvalue weighted by Gasteiger charge is 2.34. The van der Waals surface area contributed by atoms with Crippen LogP contribution < -0.4 is 9.80 Å². The van der Waals surface area contributed by atoms with Gasteiger partial charge in [-0.3, -0.25) is 9.88 Å². The molecule has 0 radical (unpaired) electrons. The Kier molecular flexibility index (Phi) is 4.06. The first-order valence-electron chi connectivity index (χ1n) is 8.47. The van der Waals surface area contributed by atoms with Crippen LogP contribution in [0.2, 0.25) is 0 Å². The molecule has 6 heteroatoms. The van der Waals surface area contributed by atoms with Crippen molar-refractivity contribution < 1.29 is 4.39 Å². The van der Waals surface area contributed by atoms with Crippen molar-refractivity contribution in [1.82, 2.24) is 14.9 Å². The Morgan fingerprint density at radius 1 is 0.958 bits per heavy atom. The van der Waals surface area contributed by atoms with Crippen LogP contribution >= 0.6 is 0 Å². The van der Waals surface area contributed by atoms with Crippen LogP contribution in [0.5, 0.6) is 0 Å². The van der Waals surface area contributed by atoms with Gasteiger partial charge in [-0.05, 0) is 31.2 Å². The number of rotatable bonds is 3. The number of aryl methyl sites for hydroxylation is 1. The van der Waals surface area contributed by atoms with E-state index >= 15 is 0 Å². The minimum Gasteiger partial charge on any atom is -0.369 e. The molecular weight excluding hydrogens is 305 g/mol. The molecule has 2 aromatic rings. The van der Waals surface area contributed by atoms with Crippen LogP contribution in [0.4, 0.5) is 15.9 Å². The van der Waals surface area contributed by atoms with E-state index in [1.165, 1.54) is 12.1 Å². The molecule has 0 N–H and O–H groups in total. The van der Waals surface area contributed by atoms with Crippen LogP contribution in [-0.4, -0.2) is 60.2 Å². The summed E-state index contributed by atoms with van der Waals surface area (Å²) in [7, 11) is 0. The molecule has 1 aromatic carbocycles. The first-order chi connectivity index (χ1) is 11.7. The summed E-state index contributed by atoms with van der Waals surface area (Å²) in [6.07, 6.45) is 3.63. The van der Waals surface area contributed by atoms with Gasteiger partial charge in [0, 0.05) is 57.2 Å². The Balaban J connectivity index is 1.29. The van der Waals surface area contributed by atoms with Crippen LogP contribution in [0.15, 0.2) is 36.7 Å². The number of hydrogen-bond donors (Lipinski definition) is 0. The van der Waals surface area contributed by atoms with Crippen molar-refractivity contribution >= 4 is 11.5 Å². The van der Waals surface area contributed by atoms with Crippen molar-refractivity contribution in [3.63, 3.8) is 0 Å². The predicted molar refractivity (Wildman–Crippen MR) is 93.0 cm³/mol. The second-order valence-corrected chi connectivity index (χ2v) is 6.58. The van der Waals surface area contributed by atoms with Crippen LogP contribution in [0, 0.1) is 12.7 Å². The number of piperazine rings is 1. The summed E-state index contributed by atoms with van der Waals surface area (Å²) in [5, 5.41) is 0. The molecule has 4 rings (SSSR count). The summed E-state index contributed by atoms with van der Waals surface area (Å²) < 4.78 is 13.0. The molecule has 0 amide bonds. The third-order valence-electron chi connectivity index (χ3n) is 4.95. The second-order valence-electron chi connectivity index (χ2n) is 6.58. The van der Waals surface area contributed by atoms with Gasteiger partial charge in [0.2, 0.25) is 0 Å². The smallest absolute Gasteiger partial charge is 0.147 e. The Hall–Kier alpha value is -2.21. The molecule has 0 atom stereocenters. The van der Waals surface area contributed by atoms with E-state index in [4.69, 9.17) is 0 Å². The van der Waals surface area contributed by atoms with E-state index in [2.05, 4.69) is 24.7 Å². The minimum absolute atomic E-state index is 0.175. The molecule has 5 nitrogen and oxygen atoms in total. The number of anilines is 2. The number of nitrogens with zero attached hydrogens (tertiary/aromatic N) is 5. The van der Waals surface area contributed by atoms with Crippen LogP contribution in [0.3, 0.4) is 0 Å². The van der Waals surface area contributed by atoms with Gasteiger partial charge < -0.3 is 9.80 Å². The quantitative estimate of drug-likeness (QED) is 0.861. The second kappa shape index (κ2) is 6.36. The largest absolute Gasteiger partial charge is 0.369 e. The summed E-state index contributed by atoms with van der Waals surface area (Å²) in [4.78, 5) is 15.9. The van der Waals surface area contributed by atoms with Crippen molar-refractivity contribution in [3.05, 3.63) is 48.2 Å². The third kappa shape index (κ3) is 3.06. The van der Waals surface area contributed by atoms with Crippen LogP contribution in [-0.2, 0) is 0 Å². The van der Waals surface area contributed by atoms with E-state index in [-0.39, 0.29) is 5.82 Å². The summed E-state index contributed by atoms with van der Waals surface area (Å²) >= 11 is 0. The number of hydrogen-bond acceptors (Lipinski definition) is 5. The molecule has 126 valence electrons. The Labute approximate surface area is 141 Å². The topological polar surface area (TPSA) is 35.5 Å². The van der Waals surface area contributed by atoms with Crippen LogP contribution in [0.1, 0.15) is 5.69 Å². The molecule has 0 saturated carbocycles. The maximum atomic E-state index is 13.0. The van der Waals surface area contributed by atoms with Crippen molar-refractivity contribution in [2.45, 2.75) is 13.0 Å². The number of halogens is 1. The molecule has 0 unspecified atom stereocenters. The molecule has 3 heterocycles. The zero-order chi connectivity index (χ0) is 16.5. The minimum atomic E-state index is -0.175. The molecule has 0 aliphatic carbocycles. The molecule has 2 aliphatic rings. The van der Waals surface area contributed by atoms with E-state index in [9.17, 15) is 4.39 Å². The summed E-state index contributed by atoms with van der Waals surface area (Å²) in [5.74, 6) is 0.808. The van der Waals surface area contributed by atoms with Crippen LogP contribution in [0.25, 0.3) is 0 Å². The summed E-state index contributed by atoms with van der Waals surface area (Å²) in [6.45, 7) is 8.11. The maximum Gasteiger partial charge on any atom is 0.147 e. The highest BCUT2D eigenvalue weighted by molar-refractivity contribution is 5.47. The Morgan fingerprint density at radius 2 is 1.67 bits per heavy atom. The SMILES string of the molecule is Cc1cncc(N2CC(N3CCN(c4ccc(F)cc4)CC3)C2)n1. The monoisotopic (exact) mass is 327 g/mol. The fraction of sp³-hybridized carbons (Fsp3) is 0.444. The Bertz CT molecular complexity index is 691. The lowest BCUT2D eigenvalue weighted by atomic mass is 10.1. The third-order valence-corrected chi connectivity index (χ3v) is 4.95. The molecule has 1 aromatic heterocycles. The highest BCUT2D eigenvalue weighted by Crippen LogP contribution is 2.24. The number of aromatic nitrogens is 2. The van der Waals surface area contributed by atoms with E-state index in [1.807, 2.05) is 25.3 Å². The fourth-order valence-corrected chi connectivity index (χ4v) is 3.47. The molecular formula is C18H22FN5. The van der Waals surface area contributed by atoms with E-state index < -0.39 is 0 Å². The number of benzene rings is 1. The average molecular weight is 327 g/mol. The van der Waals surface area contributed by atoms with Crippen molar-refractivity contribution in [2.24, 2.45) is 0 Å². The lowest BCUT2D eigenvalue weighted by Gasteiger charge is -2.48. The maximum absolute atomic E-state index is 13.0. The average Bonchev–Trinajstić information content (AvgIpc) is 2.55. The van der Waals surface area contributed by atoms with Crippen molar-refractivity contribution in [1.29, 1.82) is 0 Å². The summed E-state index contributed by atoms with van der Waals surface area (Å²) in [6, 6.07) is 7.41. The van der Waals surface area contributed by atoms with Gasteiger partial charge in [0.15, 0.2) is 0 Å². The molecule has 2 saturated heterocycles. The fourth-order valence-electron chi connectivity index (χ4n) is 3.47. The normalized spacial score (nSPS) is 19.4. The van der Waals surface area contributed by atoms with Crippen molar-refractivity contribution in [2.75, 3.05) is 49.1 Å². The standard InChI is InChI=1S/C18H22FN5/c1-14-10-20-11-18(21-14)24-12-17(13-24)23-8-6-22(7-9-23)16-4-2-15(19)3-5-16/h2-5,10-11,17H,6-9,12-13H2,1H3. The Morgan fingerprint density at radius 3 is 2.33 bits per heavy atom. The van der Waals surface area contributed by atoms with E-state index in [1.54, 1.807) is 6.20 Å². The van der Waals surface area contributed by atoms with Gasteiger partial charge in [0.25, 0.3) is 0 Å². The van der Waals surface area contributed by atoms with Crippen molar-refractivity contribution in [3.8, 4) is 0 Å². The van der Waals surface area contributed by atoms with E-state index in [0.717, 1.165) is 56.5 Å². The van der Waals surface area contributed by atoms with Gasteiger partial charge in [-0.2, -0.15) is 0 Å². The van der Waals surface area contributed by atoms with Gasteiger partial charge >= 0.3 is 0 Å². The van der Waals surface area contributed by atoms with Gasteiger partial charge in [-0.1, -0.05) is 0 Å². The summed E-state index contributed by atoms with van der Waals surface area (Å²) in [5.41, 5.74) is 2.07.